The molecule has 0 atom stereocenters. The lowest BCUT2D eigenvalue weighted by atomic mass is 10.3. The summed E-state index contributed by atoms with van der Waals surface area (Å²) in [6, 6.07) is 0. The van der Waals surface area contributed by atoms with E-state index in [2.05, 4.69) is 29.1 Å². The highest BCUT2D eigenvalue weighted by Gasteiger charge is 2.12. The molecule has 0 unspecified atom stereocenters. The van der Waals surface area contributed by atoms with Crippen molar-refractivity contribution in [3.8, 4) is 0 Å². The number of hydrogen-bond donors (Lipinski definition) is 1. The predicted molar refractivity (Wildman–Crippen MR) is 57.1 cm³/mol. The van der Waals surface area contributed by atoms with Crippen molar-refractivity contribution in [3.63, 3.8) is 0 Å². The quantitative estimate of drug-likeness (QED) is 0.619. The number of nitrogens with one attached hydrogen (secondary N) is 1. The van der Waals surface area contributed by atoms with Gasteiger partial charge in [0.05, 0.1) is 0 Å². The minimum Gasteiger partial charge on any atom is -0.315 e. The lowest BCUT2D eigenvalue weighted by Crippen LogP contribution is -2.46. The van der Waals surface area contributed by atoms with Crippen LogP contribution in [0, 0.1) is 0 Å². The van der Waals surface area contributed by atoms with Gasteiger partial charge in [-0.25, -0.2) is 0 Å². The van der Waals surface area contributed by atoms with Crippen molar-refractivity contribution >= 4 is 0 Å². The Morgan fingerprint density at radius 3 is 2.38 bits per heavy atom. The van der Waals surface area contributed by atoms with E-state index in [1.165, 1.54) is 39.1 Å². The molecule has 1 fully saturated rings. The molecule has 0 spiro atoms. The maximum Gasteiger partial charge on any atom is 0.0110 e. The Balaban J connectivity index is 1.96. The van der Waals surface area contributed by atoms with Crippen molar-refractivity contribution in [3.05, 3.63) is 0 Å². The van der Waals surface area contributed by atoms with Gasteiger partial charge in [-0.2, -0.15) is 0 Å². The second-order valence-corrected chi connectivity index (χ2v) is 3.89. The molecule has 0 aromatic carbocycles. The van der Waals surface area contributed by atoms with Gasteiger partial charge in [0, 0.05) is 39.3 Å². The van der Waals surface area contributed by atoms with Crippen molar-refractivity contribution < 1.29 is 0 Å². The summed E-state index contributed by atoms with van der Waals surface area (Å²) in [5.41, 5.74) is 0. The van der Waals surface area contributed by atoms with E-state index in [-0.39, 0.29) is 0 Å². The Bertz CT molecular complexity index is 119. The maximum atomic E-state index is 3.44. The molecule has 3 heteroatoms. The molecule has 0 aliphatic carbocycles. The Labute approximate surface area is 82.1 Å². The minimum absolute atomic E-state index is 1.15. The molecule has 0 bridgehead atoms. The molecular formula is C10H23N3. The van der Waals surface area contributed by atoms with Gasteiger partial charge in [0.1, 0.15) is 0 Å². The Morgan fingerprint density at radius 1 is 1.08 bits per heavy atom. The molecular weight excluding hydrogens is 162 g/mol. The summed E-state index contributed by atoms with van der Waals surface area (Å²) in [7, 11) is 2.20. The number of hydrogen-bond acceptors (Lipinski definition) is 3. The molecule has 0 amide bonds. The van der Waals surface area contributed by atoms with Gasteiger partial charge in [0.15, 0.2) is 0 Å². The van der Waals surface area contributed by atoms with Gasteiger partial charge in [-0.3, -0.25) is 4.90 Å². The average Bonchev–Trinajstić information content (AvgIpc) is 2.15. The van der Waals surface area contributed by atoms with Crippen LogP contribution >= 0.6 is 0 Å². The predicted octanol–water partition coefficient (Wildman–Crippen LogP) is 0.233. The van der Waals surface area contributed by atoms with Crippen LogP contribution in [0.25, 0.3) is 0 Å². The summed E-state index contributed by atoms with van der Waals surface area (Å²) in [5, 5.41) is 3.44. The Morgan fingerprint density at radius 2 is 1.77 bits per heavy atom. The van der Waals surface area contributed by atoms with Crippen LogP contribution in [0.4, 0.5) is 0 Å². The standard InChI is InChI=1S/C10H23N3/c1-3-4-11-5-6-13-9-7-12(2)8-10-13/h11H,3-10H2,1-2H3. The molecule has 3 nitrogen and oxygen atoms in total. The first-order valence-corrected chi connectivity index (χ1v) is 5.44. The highest BCUT2D eigenvalue weighted by molar-refractivity contribution is 4.69. The lowest BCUT2D eigenvalue weighted by molar-refractivity contribution is 0.155. The van der Waals surface area contributed by atoms with E-state index in [1.54, 1.807) is 0 Å². The van der Waals surface area contributed by atoms with Crippen LogP contribution in [0.5, 0.6) is 0 Å². The molecule has 1 N–H and O–H groups in total. The summed E-state index contributed by atoms with van der Waals surface area (Å²) in [6.07, 6.45) is 1.24. The Kier molecular flexibility index (Phi) is 5.35. The van der Waals surface area contributed by atoms with Gasteiger partial charge in [0.2, 0.25) is 0 Å². The zero-order chi connectivity index (χ0) is 9.52. The highest BCUT2D eigenvalue weighted by atomic mass is 15.2. The van der Waals surface area contributed by atoms with Crippen LogP contribution in [0.3, 0.4) is 0 Å². The first-order valence-electron chi connectivity index (χ1n) is 5.44. The third-order valence-corrected chi connectivity index (χ3v) is 2.63. The van der Waals surface area contributed by atoms with Crippen LogP contribution in [0.15, 0.2) is 0 Å². The minimum atomic E-state index is 1.15. The van der Waals surface area contributed by atoms with Crippen molar-refractivity contribution in [1.82, 2.24) is 15.1 Å². The monoisotopic (exact) mass is 185 g/mol. The van der Waals surface area contributed by atoms with Crippen molar-refractivity contribution in [2.75, 3.05) is 52.9 Å². The normalized spacial score (nSPS) is 20.8. The van der Waals surface area contributed by atoms with Crippen LogP contribution < -0.4 is 5.32 Å². The fourth-order valence-electron chi connectivity index (χ4n) is 1.61. The van der Waals surface area contributed by atoms with E-state index in [1.807, 2.05) is 0 Å². The smallest absolute Gasteiger partial charge is 0.0110 e. The molecule has 0 aromatic rings. The highest BCUT2D eigenvalue weighted by Crippen LogP contribution is 1.97. The fraction of sp³-hybridized carbons (Fsp3) is 1.00. The van der Waals surface area contributed by atoms with E-state index >= 15 is 0 Å². The molecule has 13 heavy (non-hydrogen) atoms. The van der Waals surface area contributed by atoms with Gasteiger partial charge < -0.3 is 10.2 Å². The van der Waals surface area contributed by atoms with E-state index in [0.29, 0.717) is 0 Å². The van der Waals surface area contributed by atoms with Crippen LogP contribution in [0.1, 0.15) is 13.3 Å². The summed E-state index contributed by atoms with van der Waals surface area (Å²) >= 11 is 0. The third kappa shape index (κ3) is 4.60. The number of piperazine rings is 1. The maximum absolute atomic E-state index is 3.44. The molecule has 1 aliphatic heterocycles. The molecule has 1 heterocycles. The van der Waals surface area contributed by atoms with Crippen molar-refractivity contribution in [1.29, 1.82) is 0 Å². The van der Waals surface area contributed by atoms with E-state index < -0.39 is 0 Å². The summed E-state index contributed by atoms with van der Waals surface area (Å²) < 4.78 is 0. The second-order valence-electron chi connectivity index (χ2n) is 3.89. The van der Waals surface area contributed by atoms with Crippen molar-refractivity contribution in [2.24, 2.45) is 0 Å². The van der Waals surface area contributed by atoms with Gasteiger partial charge >= 0.3 is 0 Å². The zero-order valence-corrected chi connectivity index (χ0v) is 9.05. The molecule has 0 aromatic heterocycles. The third-order valence-electron chi connectivity index (χ3n) is 2.63. The molecule has 0 saturated carbocycles. The topological polar surface area (TPSA) is 18.5 Å². The van der Waals surface area contributed by atoms with E-state index in [4.69, 9.17) is 0 Å². The van der Waals surface area contributed by atoms with Gasteiger partial charge in [0.25, 0.3) is 0 Å². The van der Waals surface area contributed by atoms with Crippen LogP contribution in [0.2, 0.25) is 0 Å². The number of likely N-dealkylation sites (N-methyl/N-ethyl adjacent to an activating group) is 1. The largest absolute Gasteiger partial charge is 0.315 e. The zero-order valence-electron chi connectivity index (χ0n) is 9.05. The molecule has 1 rings (SSSR count). The van der Waals surface area contributed by atoms with E-state index in [0.717, 1.165) is 13.1 Å². The van der Waals surface area contributed by atoms with Gasteiger partial charge in [-0.05, 0) is 20.0 Å². The molecule has 78 valence electrons. The average molecular weight is 185 g/mol. The number of nitrogens with zero attached hydrogens (tertiary/aromatic N) is 2. The fourth-order valence-corrected chi connectivity index (χ4v) is 1.61. The first-order chi connectivity index (χ1) is 6.33. The second kappa shape index (κ2) is 6.35. The summed E-state index contributed by atoms with van der Waals surface area (Å²) in [4.78, 5) is 4.94. The van der Waals surface area contributed by atoms with Gasteiger partial charge in [-0.15, -0.1) is 0 Å². The lowest BCUT2D eigenvalue weighted by Gasteiger charge is -2.32. The summed E-state index contributed by atoms with van der Waals surface area (Å²) in [6.45, 7) is 10.7. The summed E-state index contributed by atoms with van der Waals surface area (Å²) in [5.74, 6) is 0. The Hall–Kier alpha value is -0.120. The van der Waals surface area contributed by atoms with E-state index in [9.17, 15) is 0 Å². The number of rotatable bonds is 5. The van der Waals surface area contributed by atoms with Crippen LogP contribution in [-0.4, -0.2) is 62.7 Å². The molecule has 0 radical (unpaired) electrons. The van der Waals surface area contributed by atoms with Crippen LogP contribution in [-0.2, 0) is 0 Å². The van der Waals surface area contributed by atoms with Crippen molar-refractivity contribution in [2.45, 2.75) is 13.3 Å². The SMILES string of the molecule is CCCNCCN1CCN(C)CC1. The van der Waals surface area contributed by atoms with Gasteiger partial charge in [-0.1, -0.05) is 6.92 Å². The molecule has 1 aliphatic rings. The first kappa shape index (κ1) is 11.0. The molecule has 1 saturated heterocycles.